The summed E-state index contributed by atoms with van der Waals surface area (Å²) in [5.74, 6) is 0. The Balaban J connectivity index is 1.94. The van der Waals surface area contributed by atoms with Crippen molar-refractivity contribution in [3.63, 3.8) is 0 Å². The normalized spacial score (nSPS) is 17.8. The molecule has 0 bridgehead atoms. The van der Waals surface area contributed by atoms with Crippen LogP contribution in [0.2, 0.25) is 0 Å². The second-order valence-corrected chi connectivity index (χ2v) is 6.01. The Hall–Kier alpha value is -2.63. The van der Waals surface area contributed by atoms with Crippen molar-refractivity contribution in [1.29, 1.82) is 0 Å². The van der Waals surface area contributed by atoms with E-state index in [1.165, 1.54) is 12.4 Å². The summed E-state index contributed by atoms with van der Waals surface area (Å²) in [5.41, 5.74) is 3.95. The highest BCUT2D eigenvalue weighted by Crippen LogP contribution is 2.38. The molecule has 3 heterocycles. The largest absolute Gasteiger partial charge is 0.737 e. The van der Waals surface area contributed by atoms with Crippen LogP contribution in [0.3, 0.4) is 0 Å². The van der Waals surface area contributed by atoms with Crippen LogP contribution in [0.1, 0.15) is 11.3 Å². The van der Waals surface area contributed by atoms with Crippen LogP contribution in [0.25, 0.3) is 5.57 Å². The van der Waals surface area contributed by atoms with Crippen LogP contribution in [-0.2, 0) is 0 Å². The Morgan fingerprint density at radius 1 is 1.09 bits per heavy atom. The van der Waals surface area contributed by atoms with Gasteiger partial charge in [-0.2, -0.15) is 0 Å². The minimum atomic E-state index is -3.83. The molecule has 3 nitrogen and oxygen atoms in total. The molecule has 1 aromatic carbocycles. The minimum absolute atomic E-state index is 0.554. The van der Waals surface area contributed by atoms with Crippen molar-refractivity contribution in [3.05, 3.63) is 71.7 Å². The molecule has 0 N–H and O–H groups in total. The number of hydrogen-bond acceptors (Lipinski definition) is 1. The molecule has 0 fully saturated rings. The molecule has 1 aromatic heterocycles. The third kappa shape index (κ3) is 1.91. The molecular weight excluding hydrogens is 295 g/mol. The minimum Gasteiger partial charge on any atom is -0.396 e. The molecule has 0 saturated carbocycles. The second-order valence-electron chi connectivity index (χ2n) is 6.01. The van der Waals surface area contributed by atoms with Crippen molar-refractivity contribution in [2.75, 3.05) is 19.0 Å². The first-order valence-electron chi connectivity index (χ1n) is 7.52. The summed E-state index contributed by atoms with van der Waals surface area (Å²) in [4.78, 5) is 2.01. The number of anilines is 1. The molecule has 0 atom stereocenters. The monoisotopic (exact) mass is 311 g/mol. The van der Waals surface area contributed by atoms with Crippen LogP contribution >= 0.6 is 0 Å². The average molecular weight is 311 g/mol. The first kappa shape index (κ1) is 14.0. The first-order chi connectivity index (χ1) is 11.0. The summed E-state index contributed by atoms with van der Waals surface area (Å²) in [6, 6.07) is 11.4. The third-order valence-corrected chi connectivity index (χ3v) is 4.41. The highest BCUT2D eigenvalue weighted by Gasteiger charge is 2.51. The van der Waals surface area contributed by atoms with Crippen molar-refractivity contribution >= 4 is 24.4 Å². The maximum Gasteiger partial charge on any atom is 0.737 e. The Morgan fingerprint density at radius 3 is 2.52 bits per heavy atom. The van der Waals surface area contributed by atoms with E-state index in [4.69, 9.17) is 0 Å². The van der Waals surface area contributed by atoms with Crippen molar-refractivity contribution < 1.29 is 13.1 Å². The molecule has 0 amide bonds. The van der Waals surface area contributed by atoms with Crippen LogP contribution in [0.5, 0.6) is 0 Å². The summed E-state index contributed by atoms with van der Waals surface area (Å²) in [7, 11) is 3.95. The second kappa shape index (κ2) is 4.68. The molecule has 2 aliphatic heterocycles. The predicted molar refractivity (Wildman–Crippen MR) is 90.1 cm³/mol. The molecule has 116 valence electrons. The number of fused-ring (bicyclic) bond motifs is 2. The topological polar surface area (TPSA) is 11.2 Å². The van der Waals surface area contributed by atoms with Gasteiger partial charge in [0.15, 0.2) is 5.70 Å². The Kier molecular flexibility index (Phi) is 2.85. The van der Waals surface area contributed by atoms with Gasteiger partial charge in [0.05, 0.1) is 5.57 Å². The lowest BCUT2D eigenvalue weighted by Crippen LogP contribution is -2.49. The molecule has 6 heteroatoms. The average Bonchev–Trinajstić information content (AvgIpc) is 3.18. The summed E-state index contributed by atoms with van der Waals surface area (Å²) >= 11 is 0. The highest BCUT2D eigenvalue weighted by molar-refractivity contribution is 6.57. The number of halogens is 2. The number of allylic oxidation sites excluding steroid dienone is 2. The maximum atomic E-state index is 14.7. The van der Waals surface area contributed by atoms with E-state index in [9.17, 15) is 8.63 Å². The number of nitrogens with zero attached hydrogens (tertiary/aromatic N) is 3. The van der Waals surface area contributed by atoms with Crippen molar-refractivity contribution in [1.82, 2.24) is 4.48 Å². The van der Waals surface area contributed by atoms with Crippen LogP contribution in [-0.4, -0.2) is 36.2 Å². The van der Waals surface area contributed by atoms with E-state index in [2.05, 4.69) is 0 Å². The van der Waals surface area contributed by atoms with E-state index in [0.29, 0.717) is 11.4 Å². The standard InChI is InChI=1S/C17H16BF2N3/c1-21(2)14-9-7-13(8-10-14)17-15-5-3-11-22(15)18(19,20)23-12-4-6-16(17)23/h3-12H,1-2H3. The lowest BCUT2D eigenvalue weighted by atomic mass is 9.86. The Bertz CT molecular complexity index is 873. The molecule has 0 aliphatic carbocycles. The summed E-state index contributed by atoms with van der Waals surface area (Å²) in [5, 5.41) is 0. The predicted octanol–water partition coefficient (Wildman–Crippen LogP) is 3.20. The Morgan fingerprint density at radius 2 is 1.83 bits per heavy atom. The van der Waals surface area contributed by atoms with Gasteiger partial charge in [-0.3, -0.25) is 0 Å². The lowest BCUT2D eigenvalue weighted by Gasteiger charge is -2.31. The van der Waals surface area contributed by atoms with Gasteiger partial charge in [-0.25, -0.2) is 0 Å². The molecule has 0 unspecified atom stereocenters. The summed E-state index contributed by atoms with van der Waals surface area (Å²) in [6.45, 7) is -3.83. The maximum absolute atomic E-state index is 14.7. The highest BCUT2D eigenvalue weighted by atomic mass is 19.2. The van der Waals surface area contributed by atoms with Crippen molar-refractivity contribution in [2.24, 2.45) is 0 Å². The molecule has 23 heavy (non-hydrogen) atoms. The summed E-state index contributed by atoms with van der Waals surface area (Å²) < 4.78 is 31.5. The van der Waals surface area contributed by atoms with Crippen molar-refractivity contribution in [3.8, 4) is 0 Å². The SMILES string of the molecule is CN(C)c1ccc(C2=C3C=CC=[N+]3[B-](F)(F)n3cccc32)cc1. The van der Waals surface area contributed by atoms with E-state index in [0.717, 1.165) is 25.8 Å². The third-order valence-electron chi connectivity index (χ3n) is 4.41. The van der Waals surface area contributed by atoms with Gasteiger partial charge in [-0.1, -0.05) is 12.1 Å². The zero-order chi connectivity index (χ0) is 16.2. The van der Waals surface area contributed by atoms with E-state index in [-0.39, 0.29) is 0 Å². The Labute approximate surface area is 133 Å². The molecule has 2 aliphatic rings. The summed E-state index contributed by atoms with van der Waals surface area (Å²) in [6.07, 6.45) is 6.33. The molecule has 2 aromatic rings. The van der Waals surface area contributed by atoms with Crippen LogP contribution < -0.4 is 4.90 Å². The van der Waals surface area contributed by atoms with Gasteiger partial charge < -0.3 is 22.5 Å². The zero-order valence-corrected chi connectivity index (χ0v) is 12.9. The van der Waals surface area contributed by atoms with E-state index < -0.39 is 6.97 Å². The smallest absolute Gasteiger partial charge is 0.396 e. The van der Waals surface area contributed by atoms with Gasteiger partial charge in [0.2, 0.25) is 0 Å². The fraction of sp³-hybridized carbons (Fsp3) is 0.118. The first-order valence-corrected chi connectivity index (χ1v) is 7.52. The quantitative estimate of drug-likeness (QED) is 0.775. The molecule has 4 rings (SSSR count). The molecule has 0 saturated heterocycles. The number of hydrogen-bond donors (Lipinski definition) is 0. The van der Waals surface area contributed by atoms with E-state index in [1.807, 2.05) is 43.3 Å². The van der Waals surface area contributed by atoms with Crippen LogP contribution in [0.4, 0.5) is 14.3 Å². The zero-order valence-electron chi connectivity index (χ0n) is 12.9. The van der Waals surface area contributed by atoms with E-state index in [1.54, 1.807) is 24.3 Å². The fourth-order valence-corrected chi connectivity index (χ4v) is 3.24. The van der Waals surface area contributed by atoms with Crippen LogP contribution in [0.15, 0.2) is 60.4 Å². The van der Waals surface area contributed by atoms with Gasteiger partial charge in [-0.05, 0) is 36.0 Å². The van der Waals surface area contributed by atoms with Gasteiger partial charge in [-0.15, -0.1) is 0 Å². The van der Waals surface area contributed by atoms with Gasteiger partial charge in [0.1, 0.15) is 6.21 Å². The fourth-order valence-electron chi connectivity index (χ4n) is 3.24. The lowest BCUT2D eigenvalue weighted by molar-refractivity contribution is -0.356. The molecule has 0 radical (unpaired) electrons. The van der Waals surface area contributed by atoms with Crippen molar-refractivity contribution in [2.45, 2.75) is 0 Å². The molecule has 0 spiro atoms. The van der Waals surface area contributed by atoms with Gasteiger partial charge in [0.25, 0.3) is 0 Å². The van der Waals surface area contributed by atoms with Gasteiger partial charge >= 0.3 is 6.97 Å². The number of rotatable bonds is 2. The number of aromatic nitrogens is 1. The van der Waals surface area contributed by atoms with Gasteiger partial charge in [0, 0.05) is 37.6 Å². The molecular formula is C17H16BF2N3. The number of benzene rings is 1. The van der Waals surface area contributed by atoms with Crippen LogP contribution in [0, 0.1) is 0 Å². The van der Waals surface area contributed by atoms with E-state index >= 15 is 0 Å².